The van der Waals surface area contributed by atoms with Gasteiger partial charge in [-0.15, -0.1) is 0 Å². The third-order valence-electron chi connectivity index (χ3n) is 1.91. The molecule has 0 saturated heterocycles. The van der Waals surface area contributed by atoms with Crippen molar-refractivity contribution in [3.8, 4) is 0 Å². The molecule has 1 rings (SSSR count). The summed E-state index contributed by atoms with van der Waals surface area (Å²) >= 11 is 8.85. The summed E-state index contributed by atoms with van der Waals surface area (Å²) in [7, 11) is 1.21. The summed E-state index contributed by atoms with van der Waals surface area (Å²) in [4.78, 5) is 21.3. The summed E-state index contributed by atoms with van der Waals surface area (Å²) in [5.41, 5.74) is -0.0641. The van der Waals surface area contributed by atoms with E-state index in [1.165, 1.54) is 19.2 Å². The first-order chi connectivity index (χ1) is 7.47. The SMILES string of the molecule is COC(=O)Cc1c(Cl)ccc(Br)c1[N+](=O)[O-]. The molecule has 0 atom stereocenters. The summed E-state index contributed by atoms with van der Waals surface area (Å²) < 4.78 is 4.73. The van der Waals surface area contributed by atoms with E-state index in [0.717, 1.165) is 0 Å². The Hall–Kier alpha value is -1.14. The molecule has 0 radical (unpaired) electrons. The number of esters is 1. The number of halogens is 2. The van der Waals surface area contributed by atoms with E-state index in [9.17, 15) is 14.9 Å². The van der Waals surface area contributed by atoms with Crippen molar-refractivity contribution in [3.05, 3.63) is 37.3 Å². The van der Waals surface area contributed by atoms with E-state index >= 15 is 0 Å². The van der Waals surface area contributed by atoms with Gasteiger partial charge in [-0.05, 0) is 28.1 Å². The average molecular weight is 309 g/mol. The number of hydrogen-bond donors (Lipinski definition) is 0. The first-order valence-corrected chi connectivity index (χ1v) is 5.32. The van der Waals surface area contributed by atoms with Gasteiger partial charge in [0.05, 0.1) is 33.5 Å². The van der Waals surface area contributed by atoms with Gasteiger partial charge in [0.1, 0.15) is 0 Å². The van der Waals surface area contributed by atoms with Crippen LogP contribution in [0.15, 0.2) is 16.6 Å². The van der Waals surface area contributed by atoms with Crippen molar-refractivity contribution in [2.24, 2.45) is 0 Å². The maximum absolute atomic E-state index is 11.1. The van der Waals surface area contributed by atoms with Gasteiger partial charge in [0, 0.05) is 0 Å². The van der Waals surface area contributed by atoms with E-state index in [-0.39, 0.29) is 27.2 Å². The summed E-state index contributed by atoms with van der Waals surface area (Å²) in [5.74, 6) is -0.580. The van der Waals surface area contributed by atoms with Crippen molar-refractivity contribution in [1.82, 2.24) is 0 Å². The number of methoxy groups -OCH3 is 1. The number of benzene rings is 1. The highest BCUT2D eigenvalue weighted by atomic mass is 79.9. The molecular weight excluding hydrogens is 301 g/mol. The molecule has 0 aliphatic rings. The zero-order chi connectivity index (χ0) is 12.3. The third kappa shape index (κ3) is 2.70. The zero-order valence-electron chi connectivity index (χ0n) is 8.20. The normalized spacial score (nSPS) is 9.94. The Kier molecular flexibility index (Phi) is 4.26. The maximum atomic E-state index is 11.1. The Balaban J connectivity index is 3.28. The second-order valence-electron chi connectivity index (χ2n) is 2.87. The van der Waals surface area contributed by atoms with Gasteiger partial charge < -0.3 is 4.74 Å². The highest BCUT2D eigenvalue weighted by Crippen LogP contribution is 2.34. The van der Waals surface area contributed by atoms with E-state index in [0.29, 0.717) is 0 Å². The van der Waals surface area contributed by atoms with E-state index in [1.54, 1.807) is 0 Å². The van der Waals surface area contributed by atoms with Gasteiger partial charge in [0.2, 0.25) is 0 Å². The van der Waals surface area contributed by atoms with Crippen LogP contribution in [0.25, 0.3) is 0 Å². The van der Waals surface area contributed by atoms with E-state index in [1.807, 2.05) is 0 Å². The predicted octanol–water partition coefficient (Wildman–Crippen LogP) is 2.73. The molecule has 0 heterocycles. The topological polar surface area (TPSA) is 69.4 Å². The van der Waals surface area contributed by atoms with E-state index in [4.69, 9.17) is 11.6 Å². The molecule has 0 aliphatic carbocycles. The molecule has 7 heteroatoms. The van der Waals surface area contributed by atoms with Crippen LogP contribution in [-0.2, 0) is 16.0 Å². The lowest BCUT2D eigenvalue weighted by Crippen LogP contribution is -2.07. The quantitative estimate of drug-likeness (QED) is 0.489. The number of ether oxygens (including phenoxy) is 1. The monoisotopic (exact) mass is 307 g/mol. The van der Waals surface area contributed by atoms with Crippen molar-refractivity contribution in [2.75, 3.05) is 7.11 Å². The minimum atomic E-state index is -0.589. The molecular formula is C9H7BrClNO4. The minimum Gasteiger partial charge on any atom is -0.469 e. The van der Waals surface area contributed by atoms with Crippen LogP contribution in [0.4, 0.5) is 5.69 Å². The maximum Gasteiger partial charge on any atom is 0.310 e. The molecule has 0 aliphatic heterocycles. The van der Waals surface area contributed by atoms with Crippen molar-refractivity contribution >= 4 is 39.2 Å². The van der Waals surface area contributed by atoms with Crippen LogP contribution in [0.1, 0.15) is 5.56 Å². The molecule has 1 aromatic rings. The number of carbonyl (C=O) groups excluding carboxylic acids is 1. The Bertz CT molecular complexity index is 449. The van der Waals surface area contributed by atoms with Crippen LogP contribution < -0.4 is 0 Å². The molecule has 86 valence electrons. The number of nitro groups is 1. The molecule has 1 aromatic carbocycles. The van der Waals surface area contributed by atoms with Gasteiger partial charge in [-0.2, -0.15) is 0 Å². The minimum absolute atomic E-state index is 0.146. The van der Waals surface area contributed by atoms with E-state index in [2.05, 4.69) is 20.7 Å². The molecule has 16 heavy (non-hydrogen) atoms. The van der Waals surface area contributed by atoms with Crippen molar-refractivity contribution in [3.63, 3.8) is 0 Å². The largest absolute Gasteiger partial charge is 0.469 e. The molecule has 0 saturated carbocycles. The Morgan fingerprint density at radius 1 is 1.62 bits per heavy atom. The number of hydrogen-bond acceptors (Lipinski definition) is 4. The van der Waals surface area contributed by atoms with Crippen molar-refractivity contribution in [2.45, 2.75) is 6.42 Å². The number of nitrogens with zero attached hydrogens (tertiary/aromatic N) is 1. The van der Waals surface area contributed by atoms with Crippen LogP contribution in [0, 0.1) is 10.1 Å². The second-order valence-corrected chi connectivity index (χ2v) is 4.13. The molecule has 0 unspecified atom stereocenters. The molecule has 0 aromatic heterocycles. The highest BCUT2D eigenvalue weighted by Gasteiger charge is 2.23. The average Bonchev–Trinajstić information content (AvgIpc) is 2.22. The fraction of sp³-hybridized carbons (Fsp3) is 0.222. The number of rotatable bonds is 3. The van der Waals surface area contributed by atoms with Crippen molar-refractivity contribution in [1.29, 1.82) is 0 Å². The Morgan fingerprint density at radius 3 is 2.75 bits per heavy atom. The molecule has 0 bridgehead atoms. The molecule has 0 fully saturated rings. The lowest BCUT2D eigenvalue weighted by Gasteiger charge is -2.05. The lowest BCUT2D eigenvalue weighted by atomic mass is 10.1. The molecule has 0 amide bonds. The van der Waals surface area contributed by atoms with Gasteiger partial charge >= 0.3 is 5.97 Å². The molecule has 5 nitrogen and oxygen atoms in total. The smallest absolute Gasteiger partial charge is 0.310 e. The summed E-state index contributed by atoms with van der Waals surface area (Å²) in [5, 5.41) is 11.0. The fourth-order valence-corrected chi connectivity index (χ4v) is 1.90. The Morgan fingerprint density at radius 2 is 2.25 bits per heavy atom. The standard InChI is InChI=1S/C9H7BrClNO4/c1-16-8(13)4-5-7(11)3-2-6(10)9(5)12(14)15/h2-3H,4H2,1H3. The number of nitro benzene ring substituents is 1. The fourth-order valence-electron chi connectivity index (χ4n) is 1.17. The zero-order valence-corrected chi connectivity index (χ0v) is 10.5. The van der Waals surface area contributed by atoms with Crippen LogP contribution >= 0.6 is 27.5 Å². The van der Waals surface area contributed by atoms with Gasteiger partial charge in [0.25, 0.3) is 5.69 Å². The van der Waals surface area contributed by atoms with Crippen LogP contribution in [0.3, 0.4) is 0 Å². The summed E-state index contributed by atoms with van der Waals surface area (Å²) in [6.45, 7) is 0. The molecule has 0 N–H and O–H groups in total. The van der Waals surface area contributed by atoms with Gasteiger partial charge in [-0.3, -0.25) is 14.9 Å². The highest BCUT2D eigenvalue weighted by molar-refractivity contribution is 9.10. The lowest BCUT2D eigenvalue weighted by molar-refractivity contribution is -0.386. The van der Waals surface area contributed by atoms with Crippen molar-refractivity contribution < 1.29 is 14.5 Å². The number of carbonyl (C=O) groups is 1. The van der Waals surface area contributed by atoms with Gasteiger partial charge in [-0.25, -0.2) is 0 Å². The van der Waals surface area contributed by atoms with Crippen LogP contribution in [0.5, 0.6) is 0 Å². The van der Waals surface area contributed by atoms with E-state index < -0.39 is 10.9 Å². The van der Waals surface area contributed by atoms with Crippen LogP contribution in [0.2, 0.25) is 5.02 Å². The first-order valence-electron chi connectivity index (χ1n) is 4.15. The first kappa shape index (κ1) is 12.9. The Labute approximate surface area is 105 Å². The van der Waals surface area contributed by atoms with Crippen LogP contribution in [-0.4, -0.2) is 18.0 Å². The predicted molar refractivity (Wildman–Crippen MR) is 61.5 cm³/mol. The van der Waals surface area contributed by atoms with Gasteiger partial charge in [-0.1, -0.05) is 11.6 Å². The summed E-state index contributed by atoms with van der Waals surface area (Å²) in [6, 6.07) is 2.94. The molecule has 0 spiro atoms. The summed E-state index contributed by atoms with van der Waals surface area (Å²) in [6.07, 6.45) is -0.231. The third-order valence-corrected chi connectivity index (χ3v) is 2.90. The van der Waals surface area contributed by atoms with Gasteiger partial charge in [0.15, 0.2) is 0 Å². The second kappa shape index (κ2) is 5.27.